The molecule has 22 heavy (non-hydrogen) atoms. The molecule has 2 saturated heterocycles. The molecule has 3 rings (SSSR count). The van der Waals surface area contributed by atoms with Gasteiger partial charge < -0.3 is 4.90 Å². The van der Waals surface area contributed by atoms with E-state index in [4.69, 9.17) is 0 Å². The third-order valence-corrected chi connectivity index (χ3v) is 4.96. The first-order valence-corrected chi connectivity index (χ1v) is 8.70. The monoisotopic (exact) mass is 301 g/mol. The molecule has 120 valence electrons. The molecule has 4 nitrogen and oxygen atoms in total. The molecule has 3 heterocycles. The van der Waals surface area contributed by atoms with Crippen LogP contribution in [-0.2, 0) is 11.3 Å². The summed E-state index contributed by atoms with van der Waals surface area (Å²) >= 11 is 0. The maximum atomic E-state index is 12.2. The van der Waals surface area contributed by atoms with Crippen LogP contribution in [0, 0.1) is 5.92 Å². The van der Waals surface area contributed by atoms with Gasteiger partial charge >= 0.3 is 0 Å². The van der Waals surface area contributed by atoms with Gasteiger partial charge in [0.2, 0.25) is 5.91 Å². The van der Waals surface area contributed by atoms with Crippen LogP contribution >= 0.6 is 0 Å². The largest absolute Gasteiger partial charge is 0.343 e. The lowest BCUT2D eigenvalue weighted by Crippen LogP contribution is -2.36. The number of aromatic nitrogens is 1. The second-order valence-electron chi connectivity index (χ2n) is 6.73. The summed E-state index contributed by atoms with van der Waals surface area (Å²) in [5.41, 5.74) is 1.29. The zero-order chi connectivity index (χ0) is 15.2. The van der Waals surface area contributed by atoms with Gasteiger partial charge in [-0.2, -0.15) is 0 Å². The molecule has 1 aromatic heterocycles. The Morgan fingerprint density at radius 2 is 2.09 bits per heavy atom. The number of amides is 1. The summed E-state index contributed by atoms with van der Waals surface area (Å²) in [5.74, 6) is 1.05. The predicted molar refractivity (Wildman–Crippen MR) is 87.3 cm³/mol. The van der Waals surface area contributed by atoms with E-state index in [9.17, 15) is 4.79 Å². The van der Waals surface area contributed by atoms with E-state index in [2.05, 4.69) is 20.9 Å². The highest BCUT2D eigenvalue weighted by Gasteiger charge is 2.23. The summed E-state index contributed by atoms with van der Waals surface area (Å²) in [7, 11) is 0. The van der Waals surface area contributed by atoms with Crippen molar-refractivity contribution in [3.8, 4) is 0 Å². The van der Waals surface area contributed by atoms with E-state index in [0.717, 1.165) is 39.0 Å². The lowest BCUT2D eigenvalue weighted by Gasteiger charge is -2.33. The molecule has 0 radical (unpaired) electrons. The highest BCUT2D eigenvalue weighted by molar-refractivity contribution is 5.76. The minimum atomic E-state index is 0.377. The Hall–Kier alpha value is -1.42. The third-order valence-electron chi connectivity index (χ3n) is 4.96. The molecule has 1 unspecified atom stereocenters. The normalized spacial score (nSPS) is 22.9. The Labute approximate surface area is 133 Å². The van der Waals surface area contributed by atoms with Crippen molar-refractivity contribution >= 4 is 5.91 Å². The van der Waals surface area contributed by atoms with Gasteiger partial charge in [-0.1, -0.05) is 6.07 Å². The Morgan fingerprint density at radius 1 is 1.23 bits per heavy atom. The van der Waals surface area contributed by atoms with Crippen LogP contribution in [0.4, 0.5) is 0 Å². The molecule has 0 bridgehead atoms. The summed E-state index contributed by atoms with van der Waals surface area (Å²) in [4.78, 5) is 20.9. The standard InChI is InChI=1S/C18H27N3O/c22-18(21-11-1-2-12-21)8-7-16-6-4-10-20(14-16)15-17-5-3-9-19-13-17/h3,5,9,13,16H,1-2,4,6-8,10-12,14-15H2. The summed E-state index contributed by atoms with van der Waals surface area (Å²) in [6.45, 7) is 5.26. The second-order valence-corrected chi connectivity index (χ2v) is 6.73. The first-order chi connectivity index (χ1) is 10.8. The van der Waals surface area contributed by atoms with Crippen molar-refractivity contribution in [2.45, 2.75) is 45.1 Å². The van der Waals surface area contributed by atoms with Gasteiger partial charge in [0.15, 0.2) is 0 Å². The average Bonchev–Trinajstić information content (AvgIpc) is 3.08. The van der Waals surface area contributed by atoms with Gasteiger partial charge in [0.05, 0.1) is 0 Å². The number of rotatable bonds is 5. The average molecular weight is 301 g/mol. The number of piperidine rings is 1. The van der Waals surface area contributed by atoms with Gasteiger partial charge in [-0.15, -0.1) is 0 Å². The molecule has 1 aromatic rings. The van der Waals surface area contributed by atoms with Crippen LogP contribution in [0.3, 0.4) is 0 Å². The molecular formula is C18H27N3O. The molecular weight excluding hydrogens is 274 g/mol. The van der Waals surface area contributed by atoms with Crippen LogP contribution in [-0.4, -0.2) is 46.9 Å². The Kier molecular flexibility index (Phi) is 5.43. The SMILES string of the molecule is O=C(CCC1CCCN(Cc2cccnc2)C1)N1CCCC1. The van der Waals surface area contributed by atoms with E-state index in [1.54, 1.807) is 0 Å². The van der Waals surface area contributed by atoms with Gasteiger partial charge in [0.25, 0.3) is 0 Å². The summed E-state index contributed by atoms with van der Waals surface area (Å²) in [6.07, 6.45) is 10.5. The zero-order valence-electron chi connectivity index (χ0n) is 13.4. The van der Waals surface area contributed by atoms with Crippen LogP contribution in [0.1, 0.15) is 44.1 Å². The van der Waals surface area contributed by atoms with Crippen LogP contribution < -0.4 is 0 Å². The van der Waals surface area contributed by atoms with Crippen molar-refractivity contribution in [2.75, 3.05) is 26.2 Å². The van der Waals surface area contributed by atoms with Crippen molar-refractivity contribution in [2.24, 2.45) is 5.92 Å². The molecule has 4 heteroatoms. The predicted octanol–water partition coefficient (Wildman–Crippen LogP) is 2.70. The number of pyridine rings is 1. The number of carbonyl (C=O) groups excluding carboxylic acids is 1. The Bertz CT molecular complexity index is 470. The van der Waals surface area contributed by atoms with Crippen molar-refractivity contribution in [1.29, 1.82) is 0 Å². The molecule has 0 aromatic carbocycles. The lowest BCUT2D eigenvalue weighted by molar-refractivity contribution is -0.130. The van der Waals surface area contributed by atoms with E-state index in [-0.39, 0.29) is 0 Å². The highest BCUT2D eigenvalue weighted by Crippen LogP contribution is 2.23. The van der Waals surface area contributed by atoms with E-state index in [1.807, 2.05) is 18.5 Å². The first-order valence-electron chi connectivity index (χ1n) is 8.70. The van der Waals surface area contributed by atoms with E-state index in [0.29, 0.717) is 11.8 Å². The minimum absolute atomic E-state index is 0.377. The fourth-order valence-corrected chi connectivity index (χ4v) is 3.73. The fourth-order valence-electron chi connectivity index (χ4n) is 3.73. The number of carbonyl (C=O) groups is 1. The zero-order valence-corrected chi connectivity index (χ0v) is 13.4. The molecule has 0 aliphatic carbocycles. The topological polar surface area (TPSA) is 36.4 Å². The van der Waals surface area contributed by atoms with Crippen molar-refractivity contribution < 1.29 is 4.79 Å². The van der Waals surface area contributed by atoms with Gasteiger partial charge in [0.1, 0.15) is 0 Å². The fraction of sp³-hybridized carbons (Fsp3) is 0.667. The van der Waals surface area contributed by atoms with Crippen LogP contribution in [0.5, 0.6) is 0 Å². The summed E-state index contributed by atoms with van der Waals surface area (Å²) in [5, 5.41) is 0. The van der Waals surface area contributed by atoms with Crippen LogP contribution in [0.25, 0.3) is 0 Å². The maximum Gasteiger partial charge on any atom is 0.222 e. The van der Waals surface area contributed by atoms with Crippen molar-refractivity contribution in [1.82, 2.24) is 14.8 Å². The van der Waals surface area contributed by atoms with Crippen molar-refractivity contribution in [3.05, 3.63) is 30.1 Å². The molecule has 0 spiro atoms. The molecule has 0 saturated carbocycles. The molecule has 2 aliphatic rings. The van der Waals surface area contributed by atoms with E-state index in [1.165, 1.54) is 37.8 Å². The number of hydrogen-bond acceptors (Lipinski definition) is 3. The second kappa shape index (κ2) is 7.73. The third kappa shape index (κ3) is 4.29. The molecule has 1 amide bonds. The van der Waals surface area contributed by atoms with Crippen LogP contribution in [0.2, 0.25) is 0 Å². The Balaban J connectivity index is 1.43. The quantitative estimate of drug-likeness (QED) is 0.839. The number of hydrogen-bond donors (Lipinski definition) is 0. The van der Waals surface area contributed by atoms with Gasteiger partial charge in [-0.05, 0) is 56.2 Å². The maximum absolute atomic E-state index is 12.2. The van der Waals surface area contributed by atoms with Gasteiger partial charge in [-0.25, -0.2) is 0 Å². The Morgan fingerprint density at radius 3 is 2.86 bits per heavy atom. The highest BCUT2D eigenvalue weighted by atomic mass is 16.2. The molecule has 2 aliphatic heterocycles. The smallest absolute Gasteiger partial charge is 0.222 e. The van der Waals surface area contributed by atoms with Crippen molar-refractivity contribution in [3.63, 3.8) is 0 Å². The minimum Gasteiger partial charge on any atom is -0.343 e. The number of likely N-dealkylation sites (tertiary alicyclic amines) is 2. The van der Waals surface area contributed by atoms with Crippen LogP contribution in [0.15, 0.2) is 24.5 Å². The van der Waals surface area contributed by atoms with E-state index >= 15 is 0 Å². The molecule has 1 atom stereocenters. The van der Waals surface area contributed by atoms with Gasteiger partial charge in [0, 0.05) is 45.0 Å². The first kappa shape index (κ1) is 15.5. The molecule has 2 fully saturated rings. The number of nitrogens with zero attached hydrogens (tertiary/aromatic N) is 3. The lowest BCUT2D eigenvalue weighted by atomic mass is 9.93. The van der Waals surface area contributed by atoms with Gasteiger partial charge in [-0.3, -0.25) is 14.7 Å². The molecule has 0 N–H and O–H groups in total. The summed E-state index contributed by atoms with van der Waals surface area (Å²) < 4.78 is 0. The summed E-state index contributed by atoms with van der Waals surface area (Å²) in [6, 6.07) is 4.15. The van der Waals surface area contributed by atoms with E-state index < -0.39 is 0 Å².